The molecule has 0 spiro atoms. The van der Waals surface area contributed by atoms with Crippen molar-refractivity contribution in [1.29, 1.82) is 0 Å². The van der Waals surface area contributed by atoms with E-state index in [0.29, 0.717) is 6.42 Å². The molecule has 0 atom stereocenters. The number of rotatable bonds is 4. The van der Waals surface area contributed by atoms with Gasteiger partial charge >= 0.3 is 0 Å². The first kappa shape index (κ1) is 12.1. The van der Waals surface area contributed by atoms with E-state index in [1.165, 1.54) is 16.7 Å². The summed E-state index contributed by atoms with van der Waals surface area (Å²) in [6, 6.07) is 4.22. The van der Waals surface area contributed by atoms with Crippen molar-refractivity contribution in [2.75, 3.05) is 25.0 Å². The summed E-state index contributed by atoms with van der Waals surface area (Å²) in [5, 5.41) is 3.12. The summed E-state index contributed by atoms with van der Waals surface area (Å²) in [6.45, 7) is 5.94. The molecule has 1 amide bonds. The second kappa shape index (κ2) is 4.88. The summed E-state index contributed by atoms with van der Waals surface area (Å²) in [5.74, 6) is 0.244. The van der Waals surface area contributed by atoms with Gasteiger partial charge in [0.15, 0.2) is 0 Å². The maximum absolute atomic E-state index is 12.0. The summed E-state index contributed by atoms with van der Waals surface area (Å²) >= 11 is 0. The van der Waals surface area contributed by atoms with Gasteiger partial charge in [-0.1, -0.05) is 12.1 Å². The van der Waals surface area contributed by atoms with Gasteiger partial charge in [-0.05, 0) is 50.6 Å². The third-order valence-electron chi connectivity index (χ3n) is 3.43. The molecule has 0 saturated heterocycles. The van der Waals surface area contributed by atoms with Gasteiger partial charge in [-0.2, -0.15) is 0 Å². The average Bonchev–Trinajstić information content (AvgIpc) is 2.63. The fourth-order valence-electron chi connectivity index (χ4n) is 2.48. The van der Waals surface area contributed by atoms with Crippen molar-refractivity contribution in [2.24, 2.45) is 0 Å². The summed E-state index contributed by atoms with van der Waals surface area (Å²) in [4.78, 5) is 14.0. The lowest BCUT2D eigenvalue weighted by molar-refractivity contribution is -0.117. The lowest BCUT2D eigenvalue weighted by atomic mass is 10.0. The molecule has 3 heteroatoms. The first-order valence-electron chi connectivity index (χ1n) is 6.19. The summed E-state index contributed by atoms with van der Waals surface area (Å²) in [6.07, 6.45) is 1.57. The van der Waals surface area contributed by atoms with Gasteiger partial charge in [-0.3, -0.25) is 4.79 Å². The molecule has 92 valence electrons. The SMILES string of the molecule is CNCCCN1C(=O)Cc2c(C)ccc(C)c21. The van der Waals surface area contributed by atoms with E-state index < -0.39 is 0 Å². The van der Waals surface area contributed by atoms with Gasteiger partial charge in [0.05, 0.1) is 12.1 Å². The largest absolute Gasteiger partial charge is 0.320 e. The zero-order chi connectivity index (χ0) is 12.4. The highest BCUT2D eigenvalue weighted by Gasteiger charge is 2.29. The van der Waals surface area contributed by atoms with Crippen LogP contribution in [0, 0.1) is 13.8 Å². The second-order valence-corrected chi connectivity index (χ2v) is 4.71. The van der Waals surface area contributed by atoms with Gasteiger partial charge < -0.3 is 10.2 Å². The third-order valence-corrected chi connectivity index (χ3v) is 3.43. The van der Waals surface area contributed by atoms with Crippen molar-refractivity contribution < 1.29 is 4.79 Å². The molecule has 1 aliphatic rings. The molecule has 0 aliphatic carbocycles. The molecular formula is C14H20N2O. The number of carbonyl (C=O) groups is 1. The van der Waals surface area contributed by atoms with Crippen molar-refractivity contribution in [3.05, 3.63) is 28.8 Å². The lowest BCUT2D eigenvalue weighted by Gasteiger charge is -2.19. The number of benzene rings is 1. The predicted molar refractivity (Wildman–Crippen MR) is 70.5 cm³/mol. The van der Waals surface area contributed by atoms with E-state index in [0.717, 1.165) is 25.2 Å². The monoisotopic (exact) mass is 232 g/mol. The number of nitrogens with zero attached hydrogens (tertiary/aromatic N) is 1. The molecule has 1 heterocycles. The predicted octanol–water partition coefficient (Wildman–Crippen LogP) is 1.80. The second-order valence-electron chi connectivity index (χ2n) is 4.71. The number of carbonyl (C=O) groups excluding carboxylic acids is 1. The van der Waals surface area contributed by atoms with Crippen molar-refractivity contribution in [2.45, 2.75) is 26.7 Å². The van der Waals surface area contributed by atoms with Crippen LogP contribution in [0.3, 0.4) is 0 Å². The Bertz CT molecular complexity index is 440. The highest BCUT2D eigenvalue weighted by molar-refractivity contribution is 6.02. The number of anilines is 1. The minimum Gasteiger partial charge on any atom is -0.320 e. The smallest absolute Gasteiger partial charge is 0.231 e. The fourth-order valence-corrected chi connectivity index (χ4v) is 2.48. The lowest BCUT2D eigenvalue weighted by Crippen LogP contribution is -2.30. The minimum atomic E-state index is 0.244. The van der Waals surface area contributed by atoms with Crippen LogP contribution in [0.2, 0.25) is 0 Å². The number of hydrogen-bond acceptors (Lipinski definition) is 2. The van der Waals surface area contributed by atoms with Crippen LogP contribution in [0.1, 0.15) is 23.1 Å². The van der Waals surface area contributed by atoms with E-state index in [-0.39, 0.29) is 5.91 Å². The standard InChI is InChI=1S/C14H20N2O/c1-10-5-6-11(2)14-12(10)9-13(17)16(14)8-4-7-15-3/h5-6,15H,4,7-9H2,1-3H3. The van der Waals surface area contributed by atoms with Crippen LogP contribution in [0.25, 0.3) is 0 Å². The van der Waals surface area contributed by atoms with Crippen LogP contribution in [0.15, 0.2) is 12.1 Å². The van der Waals surface area contributed by atoms with Gasteiger partial charge in [0.1, 0.15) is 0 Å². The first-order valence-corrected chi connectivity index (χ1v) is 6.19. The van der Waals surface area contributed by atoms with Crippen LogP contribution in [-0.2, 0) is 11.2 Å². The molecule has 1 aromatic rings. The number of nitrogens with one attached hydrogen (secondary N) is 1. The van der Waals surface area contributed by atoms with E-state index in [4.69, 9.17) is 0 Å². The van der Waals surface area contributed by atoms with E-state index in [1.54, 1.807) is 0 Å². The summed E-state index contributed by atoms with van der Waals surface area (Å²) in [7, 11) is 1.94. The Hall–Kier alpha value is -1.35. The van der Waals surface area contributed by atoms with E-state index in [9.17, 15) is 4.79 Å². The van der Waals surface area contributed by atoms with Crippen molar-refractivity contribution in [1.82, 2.24) is 5.32 Å². The normalized spacial score (nSPS) is 14.3. The number of amides is 1. The Morgan fingerprint density at radius 2 is 2.00 bits per heavy atom. The molecule has 0 fully saturated rings. The highest BCUT2D eigenvalue weighted by atomic mass is 16.2. The third kappa shape index (κ3) is 2.20. The molecule has 0 saturated carbocycles. The number of aryl methyl sites for hydroxylation is 2. The number of hydrogen-bond donors (Lipinski definition) is 1. The Labute approximate surface area is 103 Å². The Balaban J connectivity index is 2.26. The molecule has 17 heavy (non-hydrogen) atoms. The van der Waals surface area contributed by atoms with E-state index in [1.807, 2.05) is 11.9 Å². The Kier molecular flexibility index (Phi) is 3.48. The van der Waals surface area contributed by atoms with Gasteiger partial charge in [-0.25, -0.2) is 0 Å². The van der Waals surface area contributed by atoms with Crippen molar-refractivity contribution in [3.63, 3.8) is 0 Å². The average molecular weight is 232 g/mol. The topological polar surface area (TPSA) is 32.3 Å². The van der Waals surface area contributed by atoms with Crippen molar-refractivity contribution >= 4 is 11.6 Å². The van der Waals surface area contributed by atoms with Crippen molar-refractivity contribution in [3.8, 4) is 0 Å². The fraction of sp³-hybridized carbons (Fsp3) is 0.500. The van der Waals surface area contributed by atoms with E-state index in [2.05, 4.69) is 31.3 Å². The zero-order valence-electron chi connectivity index (χ0n) is 10.8. The number of fused-ring (bicyclic) bond motifs is 1. The van der Waals surface area contributed by atoms with Gasteiger partial charge in [0.2, 0.25) is 5.91 Å². The van der Waals surface area contributed by atoms with E-state index >= 15 is 0 Å². The molecule has 1 aromatic carbocycles. The van der Waals surface area contributed by atoms with Crippen LogP contribution in [0.5, 0.6) is 0 Å². The molecule has 1 aliphatic heterocycles. The quantitative estimate of drug-likeness (QED) is 0.803. The Morgan fingerprint density at radius 3 is 2.71 bits per heavy atom. The highest BCUT2D eigenvalue weighted by Crippen LogP contribution is 2.34. The van der Waals surface area contributed by atoms with Crippen LogP contribution >= 0.6 is 0 Å². The van der Waals surface area contributed by atoms with Crippen LogP contribution in [-0.4, -0.2) is 26.0 Å². The van der Waals surface area contributed by atoms with Gasteiger partial charge in [-0.15, -0.1) is 0 Å². The molecule has 0 radical (unpaired) electrons. The maximum Gasteiger partial charge on any atom is 0.231 e. The summed E-state index contributed by atoms with van der Waals surface area (Å²) < 4.78 is 0. The first-order chi connectivity index (χ1) is 8.15. The molecule has 2 rings (SSSR count). The molecule has 1 N–H and O–H groups in total. The maximum atomic E-state index is 12.0. The van der Waals surface area contributed by atoms with Gasteiger partial charge in [0.25, 0.3) is 0 Å². The van der Waals surface area contributed by atoms with Crippen LogP contribution < -0.4 is 10.2 Å². The van der Waals surface area contributed by atoms with Gasteiger partial charge in [0, 0.05) is 6.54 Å². The molecule has 0 unspecified atom stereocenters. The molecule has 0 bridgehead atoms. The molecule has 3 nitrogen and oxygen atoms in total. The Morgan fingerprint density at radius 1 is 1.29 bits per heavy atom. The molecule has 0 aromatic heterocycles. The zero-order valence-corrected chi connectivity index (χ0v) is 10.8. The summed E-state index contributed by atoms with van der Waals surface area (Å²) in [5.41, 5.74) is 4.82. The molecular weight excluding hydrogens is 212 g/mol. The van der Waals surface area contributed by atoms with Crippen LogP contribution in [0.4, 0.5) is 5.69 Å². The minimum absolute atomic E-state index is 0.244.